The van der Waals surface area contributed by atoms with Gasteiger partial charge in [-0.3, -0.25) is 4.79 Å². The predicted octanol–water partition coefficient (Wildman–Crippen LogP) is 1.61. The van der Waals surface area contributed by atoms with E-state index in [0.29, 0.717) is 25.8 Å². The second-order valence-corrected chi connectivity index (χ2v) is 7.62. The summed E-state index contributed by atoms with van der Waals surface area (Å²) in [4.78, 5) is 13.6. The van der Waals surface area contributed by atoms with Gasteiger partial charge in [0.2, 0.25) is 15.9 Å². The number of benzene rings is 1. The Morgan fingerprint density at radius 2 is 1.83 bits per heavy atom. The van der Waals surface area contributed by atoms with Crippen molar-refractivity contribution in [2.45, 2.75) is 50.0 Å². The van der Waals surface area contributed by atoms with Gasteiger partial charge in [-0.25, -0.2) is 13.1 Å². The largest absolute Gasteiger partial charge is 0.329 e. The van der Waals surface area contributed by atoms with Crippen LogP contribution in [0.15, 0.2) is 29.2 Å². The molecule has 1 amide bonds. The lowest BCUT2D eigenvalue weighted by Crippen LogP contribution is -2.52. The van der Waals surface area contributed by atoms with E-state index < -0.39 is 15.6 Å². The summed E-state index contributed by atoms with van der Waals surface area (Å²) in [6.45, 7) is 4.77. The molecule has 0 spiro atoms. The third-order valence-corrected chi connectivity index (χ3v) is 6.22. The topological polar surface area (TPSA) is 92.5 Å². The van der Waals surface area contributed by atoms with Crippen molar-refractivity contribution in [3.05, 3.63) is 24.3 Å². The molecular weight excluding hydrogens is 314 g/mol. The number of hydrogen-bond donors (Lipinski definition) is 2. The summed E-state index contributed by atoms with van der Waals surface area (Å²) in [5.41, 5.74) is 5.88. The number of amides is 1. The van der Waals surface area contributed by atoms with E-state index in [9.17, 15) is 13.2 Å². The minimum Gasteiger partial charge on any atom is -0.329 e. The van der Waals surface area contributed by atoms with Crippen molar-refractivity contribution in [3.8, 4) is 0 Å². The van der Waals surface area contributed by atoms with E-state index in [2.05, 4.69) is 4.72 Å². The maximum absolute atomic E-state index is 12.6. The molecule has 1 aliphatic rings. The van der Waals surface area contributed by atoms with Crippen LogP contribution in [0.3, 0.4) is 0 Å². The molecular formula is C16H25N3O3S. The van der Waals surface area contributed by atoms with Crippen LogP contribution < -0.4 is 15.4 Å². The molecule has 1 saturated heterocycles. The van der Waals surface area contributed by atoms with Gasteiger partial charge in [-0.05, 0) is 43.5 Å². The van der Waals surface area contributed by atoms with Gasteiger partial charge < -0.3 is 10.6 Å². The fraction of sp³-hybridized carbons (Fsp3) is 0.562. The first-order chi connectivity index (χ1) is 10.9. The van der Waals surface area contributed by atoms with Gasteiger partial charge in [0.1, 0.15) is 0 Å². The van der Waals surface area contributed by atoms with Crippen molar-refractivity contribution in [1.82, 2.24) is 4.72 Å². The van der Waals surface area contributed by atoms with Crippen molar-refractivity contribution >= 4 is 21.6 Å². The number of carbonyl (C=O) groups is 1. The second-order valence-electron chi connectivity index (χ2n) is 5.94. The third kappa shape index (κ3) is 3.73. The van der Waals surface area contributed by atoms with Crippen LogP contribution in [0.5, 0.6) is 0 Å². The van der Waals surface area contributed by atoms with Crippen molar-refractivity contribution < 1.29 is 13.2 Å². The second kappa shape index (κ2) is 6.98. The van der Waals surface area contributed by atoms with Gasteiger partial charge in [0, 0.05) is 30.7 Å². The van der Waals surface area contributed by atoms with E-state index in [-0.39, 0.29) is 17.3 Å². The molecule has 3 N–H and O–H groups in total. The Morgan fingerprint density at radius 3 is 2.26 bits per heavy atom. The molecule has 1 heterocycles. The highest BCUT2D eigenvalue weighted by Crippen LogP contribution is 2.24. The SMILES string of the molecule is CCC(CC)(CN)NS(=O)(=O)c1ccc(N2CCCC2=O)cc1. The molecule has 1 aliphatic heterocycles. The molecule has 7 heteroatoms. The van der Waals surface area contributed by atoms with Crippen molar-refractivity contribution in [3.63, 3.8) is 0 Å². The number of nitrogens with two attached hydrogens (primary N) is 1. The highest BCUT2D eigenvalue weighted by molar-refractivity contribution is 7.89. The third-order valence-electron chi connectivity index (χ3n) is 4.63. The molecule has 6 nitrogen and oxygen atoms in total. The summed E-state index contributed by atoms with van der Waals surface area (Å²) >= 11 is 0. The van der Waals surface area contributed by atoms with E-state index in [4.69, 9.17) is 5.73 Å². The van der Waals surface area contributed by atoms with Crippen molar-refractivity contribution in [2.75, 3.05) is 18.0 Å². The normalized spacial score (nSPS) is 16.1. The number of nitrogens with zero attached hydrogens (tertiary/aromatic N) is 1. The molecule has 1 aromatic rings. The van der Waals surface area contributed by atoms with Gasteiger partial charge in [0.05, 0.1) is 4.90 Å². The molecule has 1 fully saturated rings. The lowest BCUT2D eigenvalue weighted by Gasteiger charge is -2.31. The van der Waals surface area contributed by atoms with E-state index in [1.165, 1.54) is 12.1 Å². The molecule has 0 aliphatic carbocycles. The number of anilines is 1. The number of hydrogen-bond acceptors (Lipinski definition) is 4. The maximum Gasteiger partial charge on any atom is 0.241 e. The standard InChI is InChI=1S/C16H25N3O3S/c1-3-16(4-2,12-17)18-23(21,22)14-9-7-13(8-10-14)19-11-5-6-15(19)20/h7-10,18H,3-6,11-12,17H2,1-2H3. The quantitative estimate of drug-likeness (QED) is 0.789. The monoisotopic (exact) mass is 339 g/mol. The first kappa shape index (κ1) is 17.9. The number of nitrogens with one attached hydrogen (secondary N) is 1. The zero-order chi connectivity index (χ0) is 17.1. The Labute approximate surface area is 138 Å². The fourth-order valence-corrected chi connectivity index (χ4v) is 4.35. The van der Waals surface area contributed by atoms with E-state index in [1.807, 2.05) is 13.8 Å². The lowest BCUT2D eigenvalue weighted by atomic mass is 9.95. The van der Waals surface area contributed by atoms with E-state index in [0.717, 1.165) is 12.1 Å². The zero-order valence-corrected chi connectivity index (χ0v) is 14.5. The fourth-order valence-electron chi connectivity index (χ4n) is 2.80. The van der Waals surface area contributed by atoms with Gasteiger partial charge in [-0.1, -0.05) is 13.8 Å². The minimum atomic E-state index is -3.64. The molecule has 2 rings (SSSR count). The number of rotatable bonds is 7. The van der Waals surface area contributed by atoms with E-state index >= 15 is 0 Å². The van der Waals surface area contributed by atoms with Crippen LogP contribution in [-0.4, -0.2) is 33.0 Å². The average molecular weight is 339 g/mol. The molecule has 0 bridgehead atoms. The highest BCUT2D eigenvalue weighted by atomic mass is 32.2. The van der Waals surface area contributed by atoms with Crippen LogP contribution in [0.1, 0.15) is 39.5 Å². The maximum atomic E-state index is 12.6. The summed E-state index contributed by atoms with van der Waals surface area (Å²) in [7, 11) is -3.64. The van der Waals surface area contributed by atoms with Crippen LogP contribution in [0, 0.1) is 0 Å². The molecule has 0 unspecified atom stereocenters. The lowest BCUT2D eigenvalue weighted by molar-refractivity contribution is -0.117. The van der Waals surface area contributed by atoms with Crippen LogP contribution >= 0.6 is 0 Å². The predicted molar refractivity (Wildman–Crippen MR) is 90.7 cm³/mol. The Morgan fingerprint density at radius 1 is 1.22 bits per heavy atom. The Hall–Kier alpha value is -1.44. The Bertz CT molecular complexity index is 643. The zero-order valence-electron chi connectivity index (χ0n) is 13.7. The van der Waals surface area contributed by atoms with Gasteiger partial charge in [-0.15, -0.1) is 0 Å². The minimum absolute atomic E-state index is 0.0813. The molecule has 0 atom stereocenters. The highest BCUT2D eigenvalue weighted by Gasteiger charge is 2.31. The molecule has 0 radical (unpaired) electrons. The van der Waals surface area contributed by atoms with Gasteiger partial charge in [-0.2, -0.15) is 0 Å². The van der Waals surface area contributed by atoms with Gasteiger partial charge in [0.15, 0.2) is 0 Å². The van der Waals surface area contributed by atoms with Crippen molar-refractivity contribution in [2.24, 2.45) is 5.73 Å². The van der Waals surface area contributed by atoms with Gasteiger partial charge >= 0.3 is 0 Å². The van der Waals surface area contributed by atoms with Crippen LogP contribution in [0.4, 0.5) is 5.69 Å². The smallest absolute Gasteiger partial charge is 0.241 e. The summed E-state index contributed by atoms with van der Waals surface area (Å²) in [5, 5.41) is 0. The molecule has 0 aromatic heterocycles. The summed E-state index contributed by atoms with van der Waals surface area (Å²) < 4.78 is 27.9. The van der Waals surface area contributed by atoms with Crippen molar-refractivity contribution in [1.29, 1.82) is 0 Å². The number of sulfonamides is 1. The van der Waals surface area contributed by atoms with E-state index in [1.54, 1.807) is 17.0 Å². The molecule has 23 heavy (non-hydrogen) atoms. The van der Waals surface area contributed by atoms with Crippen LogP contribution in [0.2, 0.25) is 0 Å². The van der Waals surface area contributed by atoms with Gasteiger partial charge in [0.25, 0.3) is 0 Å². The number of carbonyl (C=O) groups excluding carboxylic acids is 1. The van der Waals surface area contributed by atoms with Crippen LogP contribution in [0.25, 0.3) is 0 Å². The first-order valence-corrected chi connectivity index (χ1v) is 9.50. The first-order valence-electron chi connectivity index (χ1n) is 8.02. The summed E-state index contributed by atoms with van der Waals surface area (Å²) in [5.74, 6) is 0.0813. The average Bonchev–Trinajstić information content (AvgIpc) is 2.99. The summed E-state index contributed by atoms with van der Waals surface area (Å²) in [6, 6.07) is 6.44. The Kier molecular flexibility index (Phi) is 5.44. The Balaban J connectivity index is 2.22. The molecule has 128 valence electrons. The molecule has 0 saturated carbocycles. The summed E-state index contributed by atoms with van der Waals surface area (Å²) in [6.07, 6.45) is 2.64. The van der Waals surface area contributed by atoms with Crippen LogP contribution in [-0.2, 0) is 14.8 Å². The molecule has 1 aromatic carbocycles.